The number of carbonyl (C=O) groups excluding carboxylic acids is 1. The van der Waals surface area contributed by atoms with Crippen molar-refractivity contribution in [3.8, 4) is 11.5 Å². The Labute approximate surface area is 106 Å². The number of rotatable bonds is 4. The lowest BCUT2D eigenvalue weighted by molar-refractivity contribution is 0.0973. The van der Waals surface area contributed by atoms with E-state index in [2.05, 4.69) is 0 Å². The van der Waals surface area contributed by atoms with Gasteiger partial charge in [-0.25, -0.2) is 0 Å². The van der Waals surface area contributed by atoms with Crippen LogP contribution in [-0.4, -0.2) is 18.6 Å². The van der Waals surface area contributed by atoms with Crippen LogP contribution in [0.2, 0.25) is 0 Å². The molecule has 0 fully saturated rings. The fourth-order valence-electron chi connectivity index (χ4n) is 1.57. The zero-order valence-corrected chi connectivity index (χ0v) is 10.5. The first-order valence-corrected chi connectivity index (χ1v) is 5.39. The number of Topliss-reactive ketones (excluding diaryl/α,β-unsaturated/α-hetero) is 1. The summed E-state index contributed by atoms with van der Waals surface area (Å²) in [5.41, 5.74) is 6.38. The molecular formula is C12H16ClNO3. The minimum absolute atomic E-state index is 0. The number of fused-ring (bicyclic) bond motifs is 1. The molecule has 1 aromatic rings. The Morgan fingerprint density at radius 3 is 2.82 bits per heavy atom. The lowest BCUT2D eigenvalue weighted by Gasteiger charge is -2.07. The highest BCUT2D eigenvalue weighted by molar-refractivity contribution is 5.97. The molecule has 0 saturated carbocycles. The summed E-state index contributed by atoms with van der Waals surface area (Å²) in [5.74, 6) is 1.37. The maximum Gasteiger partial charge on any atom is 0.231 e. The topological polar surface area (TPSA) is 61.6 Å². The van der Waals surface area contributed by atoms with E-state index in [0.717, 1.165) is 6.42 Å². The van der Waals surface area contributed by atoms with Crippen molar-refractivity contribution in [1.82, 2.24) is 0 Å². The molecule has 1 atom stereocenters. The van der Waals surface area contributed by atoms with Crippen LogP contribution in [0.25, 0.3) is 0 Å². The van der Waals surface area contributed by atoms with E-state index in [1.165, 1.54) is 0 Å². The molecule has 0 aliphatic carbocycles. The van der Waals surface area contributed by atoms with Crippen molar-refractivity contribution in [3.05, 3.63) is 23.8 Å². The predicted molar refractivity (Wildman–Crippen MR) is 67.0 cm³/mol. The van der Waals surface area contributed by atoms with Gasteiger partial charge in [0.05, 0.1) is 0 Å². The van der Waals surface area contributed by atoms with Crippen molar-refractivity contribution in [1.29, 1.82) is 0 Å². The van der Waals surface area contributed by atoms with Crippen molar-refractivity contribution in [2.45, 2.75) is 25.8 Å². The van der Waals surface area contributed by atoms with Gasteiger partial charge in [-0.15, -0.1) is 12.4 Å². The minimum Gasteiger partial charge on any atom is -0.454 e. The summed E-state index contributed by atoms with van der Waals surface area (Å²) in [7, 11) is 0. The number of hydrogen-bond donors (Lipinski definition) is 1. The number of benzene rings is 1. The van der Waals surface area contributed by atoms with Crippen LogP contribution in [0.1, 0.15) is 30.1 Å². The van der Waals surface area contributed by atoms with Crippen LogP contribution < -0.4 is 15.2 Å². The van der Waals surface area contributed by atoms with Gasteiger partial charge in [-0.2, -0.15) is 0 Å². The van der Waals surface area contributed by atoms with Crippen molar-refractivity contribution in [3.63, 3.8) is 0 Å². The van der Waals surface area contributed by atoms with Gasteiger partial charge in [0.25, 0.3) is 0 Å². The molecule has 0 radical (unpaired) electrons. The van der Waals surface area contributed by atoms with Crippen LogP contribution in [0.4, 0.5) is 0 Å². The second kappa shape index (κ2) is 5.89. The summed E-state index contributed by atoms with van der Waals surface area (Å²) < 4.78 is 10.4. The fraction of sp³-hybridized carbons (Fsp3) is 0.417. The Hall–Kier alpha value is -1.26. The molecule has 5 heteroatoms. The van der Waals surface area contributed by atoms with E-state index in [1.54, 1.807) is 18.2 Å². The highest BCUT2D eigenvalue weighted by Crippen LogP contribution is 2.32. The molecule has 0 spiro atoms. The highest BCUT2D eigenvalue weighted by Gasteiger charge is 2.17. The van der Waals surface area contributed by atoms with Crippen LogP contribution in [0, 0.1) is 0 Å². The number of ketones is 1. The lowest BCUT2D eigenvalue weighted by Crippen LogP contribution is -2.22. The van der Waals surface area contributed by atoms with E-state index in [9.17, 15) is 4.79 Å². The molecule has 1 unspecified atom stereocenters. The largest absolute Gasteiger partial charge is 0.454 e. The molecule has 1 aliphatic heterocycles. The van der Waals surface area contributed by atoms with E-state index in [0.29, 0.717) is 23.5 Å². The van der Waals surface area contributed by atoms with E-state index >= 15 is 0 Å². The molecule has 0 aromatic heterocycles. The second-order valence-electron chi connectivity index (χ2n) is 3.86. The Kier molecular flexibility index (Phi) is 4.78. The molecule has 1 heterocycles. The van der Waals surface area contributed by atoms with Gasteiger partial charge in [-0.1, -0.05) is 6.92 Å². The molecule has 0 bridgehead atoms. The van der Waals surface area contributed by atoms with Crippen LogP contribution >= 0.6 is 12.4 Å². The van der Waals surface area contributed by atoms with Gasteiger partial charge in [0, 0.05) is 18.0 Å². The first kappa shape index (κ1) is 13.8. The molecule has 2 rings (SSSR count). The third kappa shape index (κ3) is 3.11. The third-order valence-electron chi connectivity index (χ3n) is 2.67. The first-order chi connectivity index (χ1) is 7.70. The molecule has 0 amide bonds. The molecular weight excluding hydrogens is 242 g/mol. The van der Waals surface area contributed by atoms with Gasteiger partial charge in [0.15, 0.2) is 17.3 Å². The van der Waals surface area contributed by atoms with Gasteiger partial charge >= 0.3 is 0 Å². The van der Waals surface area contributed by atoms with Crippen molar-refractivity contribution in [2.24, 2.45) is 5.73 Å². The Morgan fingerprint density at radius 1 is 1.41 bits per heavy atom. The molecule has 2 N–H and O–H groups in total. The normalized spacial score (nSPS) is 14.0. The van der Waals surface area contributed by atoms with Crippen molar-refractivity contribution < 1.29 is 14.3 Å². The molecule has 17 heavy (non-hydrogen) atoms. The molecule has 1 aliphatic rings. The van der Waals surface area contributed by atoms with Gasteiger partial charge in [-0.3, -0.25) is 4.79 Å². The van der Waals surface area contributed by atoms with Gasteiger partial charge in [0.2, 0.25) is 6.79 Å². The number of ether oxygens (including phenoxy) is 2. The summed E-state index contributed by atoms with van der Waals surface area (Å²) >= 11 is 0. The summed E-state index contributed by atoms with van der Waals surface area (Å²) in [6.07, 6.45) is 1.17. The van der Waals surface area contributed by atoms with E-state index in [-0.39, 0.29) is 31.0 Å². The quantitative estimate of drug-likeness (QED) is 0.840. The maximum atomic E-state index is 11.8. The van der Waals surface area contributed by atoms with E-state index in [4.69, 9.17) is 15.2 Å². The van der Waals surface area contributed by atoms with Crippen LogP contribution in [0.3, 0.4) is 0 Å². The summed E-state index contributed by atoms with van der Waals surface area (Å²) in [6, 6.07) is 5.15. The standard InChI is InChI=1S/C12H15NO3.ClH/c1-2-9(13)6-10(14)8-3-4-11-12(5-8)16-7-15-11;/h3-5,9H,2,6-7,13H2,1H3;1H. The smallest absolute Gasteiger partial charge is 0.231 e. The summed E-state index contributed by atoms with van der Waals surface area (Å²) in [6.45, 7) is 2.19. The van der Waals surface area contributed by atoms with Crippen molar-refractivity contribution >= 4 is 18.2 Å². The average Bonchev–Trinajstić information content (AvgIpc) is 2.75. The molecule has 1 aromatic carbocycles. The monoisotopic (exact) mass is 257 g/mol. The fourth-order valence-corrected chi connectivity index (χ4v) is 1.57. The van der Waals surface area contributed by atoms with E-state index in [1.807, 2.05) is 6.92 Å². The zero-order chi connectivity index (χ0) is 11.5. The average molecular weight is 258 g/mol. The van der Waals surface area contributed by atoms with Gasteiger partial charge in [-0.05, 0) is 24.6 Å². The number of halogens is 1. The SMILES string of the molecule is CCC(N)CC(=O)c1ccc2c(c1)OCO2.Cl. The lowest BCUT2D eigenvalue weighted by atomic mass is 10.0. The third-order valence-corrected chi connectivity index (χ3v) is 2.67. The molecule has 4 nitrogen and oxygen atoms in total. The van der Waals surface area contributed by atoms with Crippen LogP contribution in [0.5, 0.6) is 11.5 Å². The molecule has 94 valence electrons. The highest BCUT2D eigenvalue weighted by atomic mass is 35.5. The van der Waals surface area contributed by atoms with Gasteiger partial charge in [0.1, 0.15) is 0 Å². The Balaban J connectivity index is 0.00000144. The first-order valence-electron chi connectivity index (χ1n) is 5.39. The number of nitrogens with two attached hydrogens (primary N) is 1. The van der Waals surface area contributed by atoms with E-state index < -0.39 is 0 Å². The van der Waals surface area contributed by atoms with Gasteiger partial charge < -0.3 is 15.2 Å². The zero-order valence-electron chi connectivity index (χ0n) is 9.64. The minimum atomic E-state index is -0.0714. The Morgan fingerprint density at radius 2 is 2.12 bits per heavy atom. The predicted octanol–water partition coefficient (Wildman–Crippen LogP) is 2.15. The van der Waals surface area contributed by atoms with Crippen LogP contribution in [-0.2, 0) is 0 Å². The van der Waals surface area contributed by atoms with Crippen molar-refractivity contribution in [2.75, 3.05) is 6.79 Å². The summed E-state index contributed by atoms with van der Waals surface area (Å²) in [5, 5.41) is 0. The number of carbonyl (C=O) groups is 1. The maximum absolute atomic E-state index is 11.8. The Bertz CT molecular complexity index is 409. The number of hydrogen-bond acceptors (Lipinski definition) is 4. The summed E-state index contributed by atoms with van der Waals surface area (Å²) in [4.78, 5) is 11.8. The van der Waals surface area contributed by atoms with Crippen LogP contribution in [0.15, 0.2) is 18.2 Å². The molecule has 0 saturated heterocycles. The second-order valence-corrected chi connectivity index (χ2v) is 3.86.